The van der Waals surface area contributed by atoms with Crippen LogP contribution in [-0.4, -0.2) is 24.1 Å². The first-order chi connectivity index (χ1) is 10.1. The number of hydrogen-bond donors (Lipinski definition) is 1. The normalized spacial score (nSPS) is 12.7. The molecular weight excluding hydrogens is 258 g/mol. The van der Waals surface area contributed by atoms with Gasteiger partial charge in [0.2, 0.25) is 0 Å². The van der Waals surface area contributed by atoms with Crippen molar-refractivity contribution < 1.29 is 0 Å². The summed E-state index contributed by atoms with van der Waals surface area (Å²) in [6, 6.07) is 4.79. The summed E-state index contributed by atoms with van der Waals surface area (Å²) >= 11 is 0. The molecule has 0 saturated heterocycles. The smallest absolute Gasteiger partial charge is 0.133 e. The maximum atomic E-state index is 4.68. The maximum Gasteiger partial charge on any atom is 0.133 e. The van der Waals surface area contributed by atoms with Crippen LogP contribution in [0.3, 0.4) is 0 Å². The third-order valence-electron chi connectivity index (χ3n) is 3.88. The minimum atomic E-state index is 0.537. The van der Waals surface area contributed by atoms with Gasteiger partial charge in [0.15, 0.2) is 0 Å². The number of aromatic nitrogens is 1. The fourth-order valence-corrected chi connectivity index (χ4v) is 2.41. The number of nitrogens with zero attached hydrogens (tertiary/aromatic N) is 2. The molecule has 3 heteroatoms. The van der Waals surface area contributed by atoms with Crippen molar-refractivity contribution in [1.82, 2.24) is 10.3 Å². The maximum absolute atomic E-state index is 4.68. The Hall–Kier alpha value is -1.09. The Balaban J connectivity index is 2.85. The molecule has 0 spiro atoms. The van der Waals surface area contributed by atoms with Gasteiger partial charge in [0.1, 0.15) is 5.82 Å². The summed E-state index contributed by atoms with van der Waals surface area (Å²) in [6.45, 7) is 14.3. The average Bonchev–Trinajstić information content (AvgIpc) is 2.48. The molecule has 0 aromatic carbocycles. The number of nitrogens with one attached hydrogen (secondary N) is 1. The summed E-state index contributed by atoms with van der Waals surface area (Å²) in [5.41, 5.74) is 1.31. The zero-order valence-electron chi connectivity index (χ0n) is 14.5. The van der Waals surface area contributed by atoms with Crippen LogP contribution >= 0.6 is 0 Å². The molecule has 1 atom stereocenters. The highest BCUT2D eigenvalue weighted by molar-refractivity contribution is 5.47. The molecule has 21 heavy (non-hydrogen) atoms. The molecular formula is C18H33N3. The second-order valence-corrected chi connectivity index (χ2v) is 6.32. The summed E-state index contributed by atoms with van der Waals surface area (Å²) in [4.78, 5) is 7.17. The van der Waals surface area contributed by atoms with Crippen LogP contribution in [-0.2, 0) is 6.54 Å². The van der Waals surface area contributed by atoms with Gasteiger partial charge in [-0.3, -0.25) is 0 Å². The molecule has 0 saturated carbocycles. The van der Waals surface area contributed by atoms with E-state index < -0.39 is 0 Å². The summed E-state index contributed by atoms with van der Waals surface area (Å²) in [7, 11) is 0. The standard InChI is InChI=1S/C18H33N3/c1-6-8-12-21(16(5)7-2)18-17(10-9-11-20-18)14-19-13-15(3)4/h9-11,15-16,19H,6-8,12-14H2,1-5H3. The Morgan fingerprint density at radius 3 is 2.62 bits per heavy atom. The average molecular weight is 291 g/mol. The lowest BCUT2D eigenvalue weighted by atomic mass is 10.1. The molecule has 1 aromatic rings. The van der Waals surface area contributed by atoms with Gasteiger partial charge in [-0.1, -0.05) is 40.2 Å². The molecule has 1 heterocycles. The third kappa shape index (κ3) is 6.04. The van der Waals surface area contributed by atoms with Crippen molar-refractivity contribution >= 4 is 5.82 Å². The van der Waals surface area contributed by atoms with Gasteiger partial charge < -0.3 is 10.2 Å². The lowest BCUT2D eigenvalue weighted by molar-refractivity contribution is 0.546. The SMILES string of the molecule is CCCCN(c1ncccc1CNCC(C)C)C(C)CC. The molecule has 0 aliphatic rings. The van der Waals surface area contributed by atoms with E-state index in [-0.39, 0.29) is 0 Å². The highest BCUT2D eigenvalue weighted by Gasteiger charge is 2.16. The molecule has 1 N–H and O–H groups in total. The lowest BCUT2D eigenvalue weighted by Gasteiger charge is -2.31. The number of unbranched alkanes of at least 4 members (excludes halogenated alkanes) is 1. The Morgan fingerprint density at radius 2 is 2.00 bits per heavy atom. The minimum Gasteiger partial charge on any atom is -0.354 e. The first-order valence-electron chi connectivity index (χ1n) is 8.51. The van der Waals surface area contributed by atoms with E-state index >= 15 is 0 Å². The molecule has 0 aliphatic heterocycles. The van der Waals surface area contributed by atoms with E-state index in [9.17, 15) is 0 Å². The van der Waals surface area contributed by atoms with E-state index in [1.807, 2.05) is 12.3 Å². The second kappa shape index (κ2) is 9.78. The van der Waals surface area contributed by atoms with Crippen LogP contribution in [0.4, 0.5) is 5.82 Å². The van der Waals surface area contributed by atoms with Crippen molar-refractivity contribution in [2.75, 3.05) is 18.0 Å². The first-order valence-corrected chi connectivity index (χ1v) is 8.51. The fraction of sp³-hybridized carbons (Fsp3) is 0.722. The van der Waals surface area contributed by atoms with Crippen molar-refractivity contribution in [2.45, 2.75) is 66.5 Å². The van der Waals surface area contributed by atoms with Crippen LogP contribution in [0, 0.1) is 5.92 Å². The molecule has 0 radical (unpaired) electrons. The summed E-state index contributed by atoms with van der Waals surface area (Å²) < 4.78 is 0. The number of anilines is 1. The predicted octanol–water partition coefficient (Wildman–Crippen LogP) is 4.23. The van der Waals surface area contributed by atoms with E-state index in [1.165, 1.54) is 18.4 Å². The fourth-order valence-electron chi connectivity index (χ4n) is 2.41. The first kappa shape index (κ1) is 18.0. The highest BCUT2D eigenvalue weighted by Crippen LogP contribution is 2.21. The monoisotopic (exact) mass is 291 g/mol. The Morgan fingerprint density at radius 1 is 1.24 bits per heavy atom. The lowest BCUT2D eigenvalue weighted by Crippen LogP contribution is -2.35. The van der Waals surface area contributed by atoms with Crippen molar-refractivity contribution in [2.24, 2.45) is 5.92 Å². The molecule has 1 unspecified atom stereocenters. The van der Waals surface area contributed by atoms with Crippen molar-refractivity contribution in [3.63, 3.8) is 0 Å². The van der Waals surface area contributed by atoms with E-state index in [2.05, 4.69) is 55.9 Å². The van der Waals surface area contributed by atoms with Gasteiger partial charge in [0.25, 0.3) is 0 Å². The molecule has 3 nitrogen and oxygen atoms in total. The van der Waals surface area contributed by atoms with E-state index in [4.69, 9.17) is 0 Å². The van der Waals surface area contributed by atoms with Gasteiger partial charge in [-0.25, -0.2) is 4.98 Å². The molecule has 0 bridgehead atoms. The van der Waals surface area contributed by atoms with Gasteiger partial charge in [-0.2, -0.15) is 0 Å². The quantitative estimate of drug-likeness (QED) is 0.699. The molecule has 0 aliphatic carbocycles. The predicted molar refractivity (Wildman–Crippen MR) is 92.8 cm³/mol. The zero-order valence-corrected chi connectivity index (χ0v) is 14.5. The van der Waals surface area contributed by atoms with E-state index in [0.29, 0.717) is 12.0 Å². The molecule has 1 rings (SSSR count). The number of pyridine rings is 1. The van der Waals surface area contributed by atoms with Gasteiger partial charge >= 0.3 is 0 Å². The summed E-state index contributed by atoms with van der Waals surface area (Å²) in [5, 5.41) is 3.54. The van der Waals surface area contributed by atoms with Gasteiger partial charge in [0, 0.05) is 30.9 Å². The highest BCUT2D eigenvalue weighted by atomic mass is 15.2. The topological polar surface area (TPSA) is 28.2 Å². The van der Waals surface area contributed by atoms with Crippen LogP contribution in [0.5, 0.6) is 0 Å². The number of hydrogen-bond acceptors (Lipinski definition) is 3. The zero-order chi connectivity index (χ0) is 15.7. The molecule has 1 aromatic heterocycles. The van der Waals surface area contributed by atoms with Gasteiger partial charge in [-0.05, 0) is 38.3 Å². The Kier molecular flexibility index (Phi) is 8.36. The molecule has 120 valence electrons. The summed E-state index contributed by atoms with van der Waals surface area (Å²) in [5.74, 6) is 1.84. The number of rotatable bonds is 10. The van der Waals surface area contributed by atoms with E-state index in [0.717, 1.165) is 31.9 Å². The van der Waals surface area contributed by atoms with Crippen LogP contribution in [0.15, 0.2) is 18.3 Å². The van der Waals surface area contributed by atoms with E-state index in [1.54, 1.807) is 0 Å². The summed E-state index contributed by atoms with van der Waals surface area (Å²) in [6.07, 6.45) is 5.52. The second-order valence-electron chi connectivity index (χ2n) is 6.32. The van der Waals surface area contributed by atoms with Crippen molar-refractivity contribution in [1.29, 1.82) is 0 Å². The van der Waals surface area contributed by atoms with Crippen LogP contribution in [0.1, 0.15) is 59.4 Å². The Bertz CT molecular complexity index is 390. The van der Waals surface area contributed by atoms with Gasteiger partial charge in [0.05, 0.1) is 0 Å². The van der Waals surface area contributed by atoms with Crippen LogP contribution in [0.25, 0.3) is 0 Å². The van der Waals surface area contributed by atoms with Crippen molar-refractivity contribution in [3.8, 4) is 0 Å². The van der Waals surface area contributed by atoms with Gasteiger partial charge in [-0.15, -0.1) is 0 Å². The molecule has 0 amide bonds. The van der Waals surface area contributed by atoms with Crippen molar-refractivity contribution in [3.05, 3.63) is 23.9 Å². The van der Waals surface area contributed by atoms with Crippen LogP contribution in [0.2, 0.25) is 0 Å². The Labute approximate surface area is 131 Å². The minimum absolute atomic E-state index is 0.537. The largest absolute Gasteiger partial charge is 0.354 e. The molecule has 0 fully saturated rings. The van der Waals surface area contributed by atoms with Crippen LogP contribution < -0.4 is 10.2 Å². The third-order valence-corrected chi connectivity index (χ3v) is 3.88.